The summed E-state index contributed by atoms with van der Waals surface area (Å²) in [4.78, 5) is 38.5. The van der Waals surface area contributed by atoms with Gasteiger partial charge in [0.05, 0.1) is 6.42 Å². The number of unbranched alkanes of at least 4 members (excludes halogenated alkanes) is 1. The maximum Gasteiger partial charge on any atom is 0.163 e. The third-order valence-corrected chi connectivity index (χ3v) is 9.25. The molecule has 3 unspecified atom stereocenters. The number of hydrogen-bond donors (Lipinski definition) is 0. The highest BCUT2D eigenvalue weighted by atomic mass is 16.1. The maximum absolute atomic E-state index is 13.7. The first-order valence-corrected chi connectivity index (χ1v) is 16.4. The number of carbonyl (C=O) groups excluding carboxylic acids is 3. The van der Waals surface area contributed by atoms with Crippen molar-refractivity contribution in [3.8, 4) is 11.1 Å². The number of rotatable bonds is 16. The monoisotopic (exact) mass is 558 g/mol. The highest BCUT2D eigenvalue weighted by Crippen LogP contribution is 2.41. The largest absolute Gasteiger partial charge is 0.300 e. The van der Waals surface area contributed by atoms with Gasteiger partial charge in [-0.05, 0) is 104 Å². The third-order valence-electron chi connectivity index (χ3n) is 9.25. The van der Waals surface area contributed by atoms with Crippen molar-refractivity contribution in [3.05, 3.63) is 58.1 Å². The maximum atomic E-state index is 13.7. The number of fused-ring (bicyclic) bond motifs is 1. The molecular formula is C38H54O3. The number of carbonyl (C=O) groups is 3. The summed E-state index contributed by atoms with van der Waals surface area (Å²) in [5, 5.41) is 0. The van der Waals surface area contributed by atoms with E-state index in [0.29, 0.717) is 6.42 Å². The fourth-order valence-corrected chi connectivity index (χ4v) is 7.21. The summed E-state index contributed by atoms with van der Waals surface area (Å²) in [6, 6.07) is 11.4. The zero-order chi connectivity index (χ0) is 30.1. The van der Waals surface area contributed by atoms with Crippen molar-refractivity contribution in [2.45, 2.75) is 126 Å². The lowest BCUT2D eigenvalue weighted by atomic mass is 9.71. The summed E-state index contributed by atoms with van der Waals surface area (Å²) < 4.78 is 0. The molecule has 0 fully saturated rings. The third kappa shape index (κ3) is 8.72. The summed E-state index contributed by atoms with van der Waals surface area (Å²) in [6.07, 6.45) is 10.8. The van der Waals surface area contributed by atoms with Crippen LogP contribution < -0.4 is 0 Å². The van der Waals surface area contributed by atoms with Crippen molar-refractivity contribution < 1.29 is 14.4 Å². The SMILES string of the molecule is CCCC(CC1CC(=O)c2c(C)ccc(-c3cc(CCCCC(C)C)ccc3CC)c2C1)C(CC)C(=O)CC(C)=O. The fourth-order valence-electron chi connectivity index (χ4n) is 7.21. The molecule has 0 spiro atoms. The molecule has 0 saturated carbocycles. The highest BCUT2D eigenvalue weighted by Gasteiger charge is 2.34. The van der Waals surface area contributed by atoms with Crippen molar-refractivity contribution in [1.82, 2.24) is 0 Å². The number of ketones is 3. The summed E-state index contributed by atoms with van der Waals surface area (Å²) in [5.41, 5.74) is 8.42. The predicted molar refractivity (Wildman–Crippen MR) is 172 cm³/mol. The van der Waals surface area contributed by atoms with Crippen LogP contribution in [0.3, 0.4) is 0 Å². The van der Waals surface area contributed by atoms with E-state index in [1.165, 1.54) is 54.0 Å². The van der Waals surface area contributed by atoms with Crippen molar-refractivity contribution in [2.24, 2.45) is 23.7 Å². The Morgan fingerprint density at radius 2 is 1.71 bits per heavy atom. The van der Waals surface area contributed by atoms with Crippen LogP contribution in [0.5, 0.6) is 0 Å². The van der Waals surface area contributed by atoms with Crippen molar-refractivity contribution in [3.63, 3.8) is 0 Å². The van der Waals surface area contributed by atoms with E-state index in [0.717, 1.165) is 62.0 Å². The van der Waals surface area contributed by atoms with Gasteiger partial charge in [-0.15, -0.1) is 0 Å². The predicted octanol–water partition coefficient (Wildman–Crippen LogP) is 9.72. The van der Waals surface area contributed by atoms with Crippen LogP contribution in [-0.2, 0) is 28.9 Å². The highest BCUT2D eigenvalue weighted by molar-refractivity contribution is 6.02. The van der Waals surface area contributed by atoms with Crippen molar-refractivity contribution >= 4 is 17.3 Å². The minimum Gasteiger partial charge on any atom is -0.300 e. The van der Waals surface area contributed by atoms with Gasteiger partial charge in [-0.3, -0.25) is 14.4 Å². The average Bonchev–Trinajstić information content (AvgIpc) is 2.91. The van der Waals surface area contributed by atoms with Gasteiger partial charge in [0, 0.05) is 17.9 Å². The van der Waals surface area contributed by atoms with Gasteiger partial charge in [-0.2, -0.15) is 0 Å². The van der Waals surface area contributed by atoms with E-state index in [1.807, 2.05) is 0 Å². The molecular weight excluding hydrogens is 504 g/mol. The molecule has 3 rings (SSSR count). The second-order valence-corrected chi connectivity index (χ2v) is 13.1. The van der Waals surface area contributed by atoms with Gasteiger partial charge in [0.25, 0.3) is 0 Å². The molecule has 0 heterocycles. The van der Waals surface area contributed by atoms with Gasteiger partial charge < -0.3 is 0 Å². The Hall–Kier alpha value is -2.55. The van der Waals surface area contributed by atoms with E-state index in [2.05, 4.69) is 71.9 Å². The molecule has 3 nitrogen and oxygen atoms in total. The summed E-state index contributed by atoms with van der Waals surface area (Å²) >= 11 is 0. The molecule has 3 atom stereocenters. The minimum atomic E-state index is -0.105. The average molecular weight is 559 g/mol. The quantitative estimate of drug-likeness (QED) is 0.152. The van der Waals surface area contributed by atoms with E-state index in [4.69, 9.17) is 0 Å². The molecule has 2 aromatic carbocycles. The molecule has 0 amide bonds. The summed E-state index contributed by atoms with van der Waals surface area (Å²) in [6.45, 7) is 14.6. The van der Waals surface area contributed by atoms with Crippen molar-refractivity contribution in [2.75, 3.05) is 0 Å². The van der Waals surface area contributed by atoms with Crippen LogP contribution in [-0.4, -0.2) is 17.3 Å². The summed E-state index contributed by atoms with van der Waals surface area (Å²) in [7, 11) is 0. The molecule has 0 saturated heterocycles. The number of benzene rings is 2. The van der Waals surface area contributed by atoms with Crippen LogP contribution in [0.15, 0.2) is 30.3 Å². The molecule has 0 bridgehead atoms. The van der Waals surface area contributed by atoms with Crippen LogP contribution >= 0.6 is 0 Å². The lowest BCUT2D eigenvalue weighted by Gasteiger charge is -2.33. The van der Waals surface area contributed by atoms with Crippen LogP contribution in [0, 0.1) is 30.6 Å². The summed E-state index contributed by atoms with van der Waals surface area (Å²) in [5.74, 6) is 1.34. The molecule has 0 aliphatic heterocycles. The van der Waals surface area contributed by atoms with Gasteiger partial charge in [0.1, 0.15) is 11.6 Å². The zero-order valence-corrected chi connectivity index (χ0v) is 26.9. The Morgan fingerprint density at radius 1 is 0.951 bits per heavy atom. The lowest BCUT2D eigenvalue weighted by molar-refractivity contribution is -0.129. The van der Waals surface area contributed by atoms with E-state index in [9.17, 15) is 14.4 Å². The van der Waals surface area contributed by atoms with E-state index in [-0.39, 0.29) is 41.5 Å². The van der Waals surface area contributed by atoms with Crippen LogP contribution in [0.25, 0.3) is 11.1 Å². The minimum absolute atomic E-state index is 0.0299. The normalized spacial score (nSPS) is 16.5. The van der Waals surface area contributed by atoms with Gasteiger partial charge >= 0.3 is 0 Å². The Balaban J connectivity index is 1.95. The number of hydrogen-bond acceptors (Lipinski definition) is 3. The second-order valence-electron chi connectivity index (χ2n) is 13.1. The van der Waals surface area contributed by atoms with E-state index >= 15 is 0 Å². The number of aryl methyl sites for hydroxylation is 3. The van der Waals surface area contributed by atoms with Gasteiger partial charge in [0.15, 0.2) is 5.78 Å². The second kappa shape index (κ2) is 15.6. The molecule has 41 heavy (non-hydrogen) atoms. The molecule has 0 radical (unpaired) electrons. The molecule has 224 valence electrons. The van der Waals surface area contributed by atoms with Gasteiger partial charge in [-0.25, -0.2) is 0 Å². The lowest BCUT2D eigenvalue weighted by Crippen LogP contribution is -2.30. The molecule has 3 heteroatoms. The Morgan fingerprint density at radius 3 is 2.34 bits per heavy atom. The van der Waals surface area contributed by atoms with Crippen LogP contribution in [0.4, 0.5) is 0 Å². The van der Waals surface area contributed by atoms with E-state index in [1.54, 1.807) is 0 Å². The van der Waals surface area contributed by atoms with Crippen LogP contribution in [0.1, 0.15) is 132 Å². The zero-order valence-electron chi connectivity index (χ0n) is 26.9. The molecule has 0 N–H and O–H groups in total. The van der Waals surface area contributed by atoms with Crippen LogP contribution in [0.2, 0.25) is 0 Å². The van der Waals surface area contributed by atoms with E-state index < -0.39 is 0 Å². The first kappa shape index (κ1) is 33.0. The van der Waals surface area contributed by atoms with Gasteiger partial charge in [-0.1, -0.05) is 90.6 Å². The molecule has 1 aliphatic carbocycles. The topological polar surface area (TPSA) is 51.2 Å². The number of Topliss-reactive ketones (excluding diaryl/α,β-unsaturated/α-hetero) is 3. The molecule has 1 aliphatic rings. The first-order valence-electron chi connectivity index (χ1n) is 16.4. The smallest absolute Gasteiger partial charge is 0.163 e. The fraction of sp³-hybridized carbons (Fsp3) is 0.605. The Bertz CT molecular complexity index is 1200. The van der Waals surface area contributed by atoms with Gasteiger partial charge in [0.2, 0.25) is 0 Å². The standard InChI is InChI=1S/C38H54O3/c1-8-13-31(32(10-3)36(40)20-27(7)39)21-29-23-35-33(19-16-26(6)38(35)37(41)24-29)34-22-28(17-18-30(34)9-2)15-12-11-14-25(4)5/h16-19,22,25,29,31-32H,8-15,20-21,23-24H2,1-7H3. The Kier molecular flexibility index (Phi) is 12.6. The Labute approximate surface area is 249 Å². The molecule has 0 aromatic heterocycles. The first-order chi connectivity index (χ1) is 19.6. The molecule has 2 aromatic rings. The van der Waals surface area contributed by atoms with Crippen molar-refractivity contribution in [1.29, 1.82) is 0 Å².